The number of carbonyl (C=O) groups excluding carboxylic acids is 3. The number of piperazine rings is 1. The number of fused-ring (bicyclic) bond motifs is 2. The molecule has 10 nitrogen and oxygen atoms in total. The first-order chi connectivity index (χ1) is 19.9. The minimum atomic E-state index is -0.367. The number of nitrogens with two attached hydrogens (primary N) is 1. The summed E-state index contributed by atoms with van der Waals surface area (Å²) in [6.45, 7) is 4.47. The van der Waals surface area contributed by atoms with Crippen molar-refractivity contribution in [2.75, 3.05) is 58.8 Å². The molecule has 6 rings (SSSR count). The number of nitrogens with one attached hydrogen (secondary N) is 2. The highest BCUT2D eigenvalue weighted by Gasteiger charge is 2.35. The van der Waals surface area contributed by atoms with Gasteiger partial charge in [-0.25, -0.2) is 0 Å². The molecule has 2 aliphatic heterocycles. The number of amides is 3. The number of hydrogen-bond acceptors (Lipinski definition) is 8. The van der Waals surface area contributed by atoms with E-state index in [2.05, 4.69) is 15.5 Å². The zero-order valence-corrected chi connectivity index (χ0v) is 22.9. The lowest BCUT2D eigenvalue weighted by Gasteiger charge is -2.32. The van der Waals surface area contributed by atoms with Crippen molar-refractivity contribution in [1.82, 2.24) is 20.4 Å². The van der Waals surface area contributed by atoms with Crippen LogP contribution < -0.4 is 21.1 Å². The SMILES string of the molecule is COc1ccc2c3c(c4ccccc4cc13)C(=O)N(CCN1CCNCC1)C2=O.Nc1cccc(C(=O)NCO)c1. The van der Waals surface area contributed by atoms with E-state index in [1.54, 1.807) is 37.4 Å². The number of benzene rings is 4. The van der Waals surface area contributed by atoms with Crippen molar-refractivity contribution in [2.24, 2.45) is 0 Å². The van der Waals surface area contributed by atoms with Gasteiger partial charge in [0.15, 0.2) is 0 Å². The van der Waals surface area contributed by atoms with Gasteiger partial charge >= 0.3 is 0 Å². The molecule has 5 N–H and O–H groups in total. The first-order valence-corrected chi connectivity index (χ1v) is 13.5. The molecule has 3 amide bonds. The van der Waals surface area contributed by atoms with Gasteiger partial charge in [-0.15, -0.1) is 0 Å². The van der Waals surface area contributed by atoms with Gasteiger partial charge in [-0.1, -0.05) is 30.3 Å². The van der Waals surface area contributed by atoms with Crippen molar-refractivity contribution < 1.29 is 24.2 Å². The second-order valence-corrected chi connectivity index (χ2v) is 9.85. The topological polar surface area (TPSA) is 137 Å². The number of hydrogen-bond donors (Lipinski definition) is 4. The van der Waals surface area contributed by atoms with Crippen molar-refractivity contribution in [1.29, 1.82) is 0 Å². The summed E-state index contributed by atoms with van der Waals surface area (Å²) in [5, 5.41) is 17.3. The molecule has 1 saturated heterocycles. The largest absolute Gasteiger partial charge is 0.496 e. The highest BCUT2D eigenvalue weighted by Crippen LogP contribution is 2.39. The molecule has 0 bridgehead atoms. The average Bonchev–Trinajstić information content (AvgIpc) is 2.99. The molecule has 0 spiro atoms. The number of aliphatic hydroxyl groups is 1. The monoisotopic (exact) mass is 555 g/mol. The van der Waals surface area contributed by atoms with Crippen molar-refractivity contribution in [3.05, 3.63) is 83.4 Å². The van der Waals surface area contributed by atoms with Crippen molar-refractivity contribution in [3.8, 4) is 5.75 Å². The summed E-state index contributed by atoms with van der Waals surface area (Å²) in [6.07, 6.45) is 0. The maximum absolute atomic E-state index is 13.5. The molecule has 0 aliphatic carbocycles. The van der Waals surface area contributed by atoms with Crippen molar-refractivity contribution >= 4 is 45.0 Å². The summed E-state index contributed by atoms with van der Waals surface area (Å²) in [5.74, 6) is -0.0938. The van der Waals surface area contributed by atoms with Crippen LogP contribution in [0.3, 0.4) is 0 Å². The van der Waals surface area contributed by atoms with E-state index in [0.717, 1.165) is 42.3 Å². The maximum Gasteiger partial charge on any atom is 0.262 e. The fourth-order valence-electron chi connectivity index (χ4n) is 5.34. The highest BCUT2D eigenvalue weighted by atomic mass is 16.5. The van der Waals surface area contributed by atoms with Crippen LogP contribution in [-0.4, -0.2) is 85.7 Å². The summed E-state index contributed by atoms with van der Waals surface area (Å²) >= 11 is 0. The number of nitrogen functional groups attached to an aromatic ring is 1. The molecule has 4 aromatic rings. The number of methoxy groups -OCH3 is 1. The quantitative estimate of drug-likeness (QED) is 0.123. The second kappa shape index (κ2) is 12.3. The maximum atomic E-state index is 13.5. The number of nitrogens with zero attached hydrogens (tertiary/aromatic N) is 2. The molecule has 0 aromatic heterocycles. The molecule has 2 heterocycles. The average molecular weight is 556 g/mol. The molecular weight excluding hydrogens is 522 g/mol. The molecule has 41 heavy (non-hydrogen) atoms. The van der Waals surface area contributed by atoms with Crippen LogP contribution in [0, 0.1) is 0 Å². The van der Waals surface area contributed by atoms with Crippen LogP contribution in [0.15, 0.2) is 66.7 Å². The molecule has 4 aromatic carbocycles. The molecule has 0 saturated carbocycles. The summed E-state index contributed by atoms with van der Waals surface area (Å²) < 4.78 is 5.53. The lowest BCUT2D eigenvalue weighted by molar-refractivity contribution is 0.0590. The molecule has 2 aliphatic rings. The number of aliphatic hydroxyl groups excluding tert-OH is 1. The van der Waals surface area contributed by atoms with E-state index in [-0.39, 0.29) is 24.5 Å². The van der Waals surface area contributed by atoms with Gasteiger partial charge in [-0.05, 0) is 47.2 Å². The Labute approximate surface area is 237 Å². The molecule has 0 radical (unpaired) electrons. The Balaban J connectivity index is 0.000000237. The van der Waals surface area contributed by atoms with Gasteiger partial charge in [0, 0.05) is 66.9 Å². The second-order valence-electron chi connectivity index (χ2n) is 9.85. The van der Waals surface area contributed by atoms with Gasteiger partial charge in [0.05, 0.1) is 12.7 Å². The Hall–Kier alpha value is -4.51. The number of carbonyl (C=O) groups is 3. The van der Waals surface area contributed by atoms with Crippen molar-refractivity contribution in [3.63, 3.8) is 0 Å². The lowest BCUT2D eigenvalue weighted by atomic mass is 9.89. The molecule has 10 heteroatoms. The Kier molecular flexibility index (Phi) is 8.44. The third kappa shape index (κ3) is 5.71. The van der Waals surface area contributed by atoms with Gasteiger partial charge in [0.1, 0.15) is 12.5 Å². The van der Waals surface area contributed by atoms with Gasteiger partial charge in [0.2, 0.25) is 0 Å². The Morgan fingerprint density at radius 3 is 2.49 bits per heavy atom. The number of rotatable bonds is 6. The van der Waals surface area contributed by atoms with Crippen LogP contribution in [0.2, 0.25) is 0 Å². The van der Waals surface area contributed by atoms with Crippen LogP contribution in [0.1, 0.15) is 31.1 Å². The number of ether oxygens (including phenoxy) is 1. The first-order valence-electron chi connectivity index (χ1n) is 13.5. The van der Waals surface area contributed by atoms with E-state index in [4.69, 9.17) is 15.6 Å². The molecular formula is C31H33N5O5. The lowest BCUT2D eigenvalue weighted by Crippen LogP contribution is -2.49. The van der Waals surface area contributed by atoms with Gasteiger partial charge < -0.3 is 26.2 Å². The van der Waals surface area contributed by atoms with Crippen LogP contribution in [-0.2, 0) is 0 Å². The number of anilines is 1. The fraction of sp³-hybridized carbons (Fsp3) is 0.258. The van der Waals surface area contributed by atoms with Crippen molar-refractivity contribution in [2.45, 2.75) is 0 Å². The van der Waals surface area contributed by atoms with Gasteiger partial charge in [0.25, 0.3) is 17.7 Å². The van der Waals surface area contributed by atoms with E-state index in [9.17, 15) is 14.4 Å². The zero-order chi connectivity index (χ0) is 28.9. The third-order valence-corrected chi connectivity index (χ3v) is 7.38. The zero-order valence-electron chi connectivity index (χ0n) is 22.9. The highest BCUT2D eigenvalue weighted by molar-refractivity contribution is 6.31. The van der Waals surface area contributed by atoms with Crippen LogP contribution in [0.4, 0.5) is 5.69 Å². The minimum absolute atomic E-state index is 0.215. The summed E-state index contributed by atoms with van der Waals surface area (Å²) in [7, 11) is 1.61. The molecule has 0 atom stereocenters. The van der Waals surface area contributed by atoms with Gasteiger partial charge in [-0.2, -0.15) is 0 Å². The van der Waals surface area contributed by atoms with Crippen LogP contribution in [0.25, 0.3) is 21.5 Å². The van der Waals surface area contributed by atoms with E-state index in [1.807, 2.05) is 36.4 Å². The predicted octanol–water partition coefficient (Wildman–Crippen LogP) is 2.45. The summed E-state index contributed by atoms with van der Waals surface area (Å²) in [6, 6.07) is 20.0. The Bertz CT molecular complexity index is 1620. The normalized spacial score (nSPS) is 15.0. The van der Waals surface area contributed by atoms with E-state index in [1.165, 1.54) is 4.90 Å². The summed E-state index contributed by atoms with van der Waals surface area (Å²) in [5.41, 5.74) is 7.60. The predicted molar refractivity (Wildman–Crippen MR) is 158 cm³/mol. The molecule has 0 unspecified atom stereocenters. The standard InChI is InChI=1S/C23H23N3O3.C8H10N2O2/c1-29-19-7-6-17-20-18(19)14-15-4-2-3-5-16(15)21(20)23(28)26(22(17)27)13-12-25-10-8-24-9-11-25;9-7-3-1-2-6(4-7)8(12)10-5-11/h2-7,14,24H,8-13H2,1H3;1-4,11H,5,9H2,(H,10,12). The van der Waals surface area contributed by atoms with Crippen LogP contribution in [0.5, 0.6) is 5.75 Å². The minimum Gasteiger partial charge on any atom is -0.496 e. The van der Waals surface area contributed by atoms with Crippen LogP contribution >= 0.6 is 0 Å². The number of imide groups is 1. The fourth-order valence-corrected chi connectivity index (χ4v) is 5.34. The summed E-state index contributed by atoms with van der Waals surface area (Å²) in [4.78, 5) is 41.6. The van der Waals surface area contributed by atoms with E-state index in [0.29, 0.717) is 46.6 Å². The Morgan fingerprint density at radius 1 is 0.976 bits per heavy atom. The van der Waals surface area contributed by atoms with E-state index < -0.39 is 0 Å². The van der Waals surface area contributed by atoms with E-state index >= 15 is 0 Å². The molecule has 212 valence electrons. The van der Waals surface area contributed by atoms with Gasteiger partial charge in [-0.3, -0.25) is 24.2 Å². The smallest absolute Gasteiger partial charge is 0.262 e. The third-order valence-electron chi connectivity index (χ3n) is 7.38. The Morgan fingerprint density at radius 2 is 1.76 bits per heavy atom. The first kappa shape index (κ1) is 28.0. The molecule has 1 fully saturated rings.